The largest absolute Gasteiger partial charge is 0.288 e. The van der Waals surface area contributed by atoms with Crippen LogP contribution in [0, 0.1) is 0 Å². The minimum absolute atomic E-state index is 0.212. The SMILES string of the molecule is CC1(C)C(C=C2C(=O)c3ccccc3C2=O)=Cc2cc3sc4cc5c(cc4c3cc21)C(C)(C)C(C=C1C(=O)c2ccccc2C1=O)=C5. The van der Waals surface area contributed by atoms with E-state index in [1.165, 1.54) is 20.2 Å². The van der Waals surface area contributed by atoms with Crippen LogP contribution in [0.15, 0.2) is 107 Å². The molecule has 0 aliphatic heterocycles. The normalized spacial score (nSPS) is 18.5. The van der Waals surface area contributed by atoms with E-state index in [2.05, 4.69) is 64.1 Å². The first-order chi connectivity index (χ1) is 22.4. The van der Waals surface area contributed by atoms with E-state index in [0.717, 1.165) is 33.4 Å². The fraction of sp³-hybridized carbons (Fsp3) is 0.143. The molecular formula is C42H28O4S. The molecule has 0 saturated carbocycles. The summed E-state index contributed by atoms with van der Waals surface area (Å²) in [5.41, 5.74) is 7.95. The number of ketones is 4. The second-order valence-corrected chi connectivity index (χ2v) is 15.0. The number of rotatable bonds is 2. The van der Waals surface area contributed by atoms with Crippen LogP contribution in [0.25, 0.3) is 32.3 Å². The number of carbonyl (C=O) groups excluding carboxylic acids is 4. The Kier molecular flexibility index (Phi) is 5.47. The number of allylic oxidation sites excluding steroid dienone is 6. The van der Waals surface area contributed by atoms with Gasteiger partial charge >= 0.3 is 0 Å². The Balaban J connectivity index is 1.11. The van der Waals surface area contributed by atoms with E-state index in [9.17, 15) is 19.2 Å². The van der Waals surface area contributed by atoms with Gasteiger partial charge < -0.3 is 0 Å². The zero-order valence-electron chi connectivity index (χ0n) is 26.3. The molecule has 4 aliphatic carbocycles. The summed E-state index contributed by atoms with van der Waals surface area (Å²) < 4.78 is 2.35. The highest BCUT2D eigenvalue weighted by Gasteiger charge is 2.39. The van der Waals surface area contributed by atoms with Gasteiger partial charge in [-0.3, -0.25) is 19.2 Å². The van der Waals surface area contributed by atoms with Crippen molar-refractivity contribution >= 4 is 66.8 Å². The van der Waals surface area contributed by atoms with E-state index in [4.69, 9.17) is 0 Å². The third-order valence-corrected chi connectivity index (χ3v) is 11.8. The molecular weight excluding hydrogens is 601 g/mol. The molecule has 4 nitrogen and oxygen atoms in total. The van der Waals surface area contributed by atoms with Gasteiger partial charge in [-0.05, 0) is 69.8 Å². The van der Waals surface area contributed by atoms with Gasteiger partial charge in [-0.25, -0.2) is 0 Å². The highest BCUT2D eigenvalue weighted by atomic mass is 32.1. The smallest absolute Gasteiger partial charge is 0.197 e. The summed E-state index contributed by atoms with van der Waals surface area (Å²) in [5.74, 6) is -0.846. The van der Waals surface area contributed by atoms with E-state index in [0.29, 0.717) is 22.3 Å². The number of carbonyl (C=O) groups is 4. The Morgan fingerprint density at radius 3 is 1.19 bits per heavy atom. The summed E-state index contributed by atoms with van der Waals surface area (Å²) >= 11 is 1.74. The molecule has 0 atom stereocenters. The van der Waals surface area contributed by atoms with Gasteiger partial charge in [0.15, 0.2) is 23.1 Å². The summed E-state index contributed by atoms with van der Waals surface area (Å²) in [7, 11) is 0. The standard InChI is InChI=1S/C42H28O4S/c1-41(2)23(17-31-37(43)25-9-5-6-10-26(25)38(31)44)13-21-15-35-29(19-33(21)41)30-20-34-22(16-36(30)47-35)14-24(42(34,3)4)18-32-39(45)27-11-7-8-12-28(27)40(32)46/h5-20H,1-4H3. The molecule has 0 amide bonds. The van der Waals surface area contributed by atoms with Crippen LogP contribution in [0.5, 0.6) is 0 Å². The third-order valence-electron chi connectivity index (χ3n) is 10.6. The Labute approximate surface area is 275 Å². The summed E-state index contributed by atoms with van der Waals surface area (Å²) in [6.07, 6.45) is 7.83. The number of hydrogen-bond donors (Lipinski definition) is 0. The van der Waals surface area contributed by atoms with Gasteiger partial charge in [0.2, 0.25) is 0 Å². The Morgan fingerprint density at radius 2 is 0.851 bits per heavy atom. The van der Waals surface area contributed by atoms with Crippen molar-refractivity contribution in [1.29, 1.82) is 0 Å². The van der Waals surface area contributed by atoms with Gasteiger partial charge in [-0.2, -0.15) is 0 Å². The molecule has 5 heteroatoms. The van der Waals surface area contributed by atoms with Gasteiger partial charge in [-0.15, -0.1) is 11.3 Å². The molecule has 9 rings (SSSR count). The lowest BCUT2D eigenvalue weighted by Gasteiger charge is -2.24. The van der Waals surface area contributed by atoms with Crippen LogP contribution in [-0.4, -0.2) is 23.1 Å². The molecule has 4 aromatic carbocycles. The van der Waals surface area contributed by atoms with Crippen LogP contribution in [0.3, 0.4) is 0 Å². The Morgan fingerprint density at radius 1 is 0.511 bits per heavy atom. The zero-order valence-corrected chi connectivity index (χ0v) is 27.1. The number of hydrogen-bond acceptors (Lipinski definition) is 5. The van der Waals surface area contributed by atoms with Gasteiger partial charge in [0.1, 0.15) is 0 Å². The van der Waals surface area contributed by atoms with Crippen molar-refractivity contribution in [2.45, 2.75) is 38.5 Å². The molecule has 0 N–H and O–H groups in total. The second-order valence-electron chi connectivity index (χ2n) is 13.9. The number of fused-ring (bicyclic) bond motifs is 7. The number of thiophene rings is 1. The molecule has 5 aromatic rings. The van der Waals surface area contributed by atoms with Crippen LogP contribution >= 0.6 is 11.3 Å². The average Bonchev–Trinajstić information content (AvgIpc) is 3.75. The molecule has 0 unspecified atom stereocenters. The Hall–Kier alpha value is -5.26. The molecule has 0 fully saturated rings. The van der Waals surface area contributed by atoms with Crippen molar-refractivity contribution in [1.82, 2.24) is 0 Å². The van der Waals surface area contributed by atoms with Gasteiger partial charge in [0.25, 0.3) is 0 Å². The van der Waals surface area contributed by atoms with E-state index in [-0.39, 0.29) is 34.3 Å². The molecule has 47 heavy (non-hydrogen) atoms. The van der Waals surface area contributed by atoms with Crippen LogP contribution in [0.1, 0.15) is 91.4 Å². The molecule has 4 aliphatic rings. The first-order valence-corrected chi connectivity index (χ1v) is 16.6. The number of Topliss-reactive ketones (excluding diaryl/α,β-unsaturated/α-hetero) is 4. The van der Waals surface area contributed by atoms with Crippen molar-refractivity contribution in [3.05, 3.63) is 152 Å². The van der Waals surface area contributed by atoms with Crippen LogP contribution in [0.4, 0.5) is 0 Å². The van der Waals surface area contributed by atoms with Crippen molar-refractivity contribution < 1.29 is 19.2 Å². The highest BCUT2D eigenvalue weighted by Crippen LogP contribution is 2.50. The van der Waals surface area contributed by atoms with Gasteiger partial charge in [-0.1, -0.05) is 88.4 Å². The van der Waals surface area contributed by atoms with Crippen LogP contribution in [0.2, 0.25) is 0 Å². The maximum Gasteiger partial charge on any atom is 0.197 e. The molecule has 0 radical (unpaired) electrons. The molecule has 226 valence electrons. The maximum atomic E-state index is 13.2. The quantitative estimate of drug-likeness (QED) is 0.144. The first-order valence-electron chi connectivity index (χ1n) is 15.7. The van der Waals surface area contributed by atoms with E-state index < -0.39 is 10.8 Å². The average molecular weight is 629 g/mol. The lowest BCUT2D eigenvalue weighted by molar-refractivity contribution is 0.0973. The third kappa shape index (κ3) is 3.69. The molecule has 0 spiro atoms. The molecule has 0 saturated heterocycles. The first kappa shape index (κ1) is 28.0. The van der Waals surface area contributed by atoms with Crippen molar-refractivity contribution in [3.8, 4) is 0 Å². The van der Waals surface area contributed by atoms with E-state index in [1.54, 1.807) is 72.0 Å². The lowest BCUT2D eigenvalue weighted by Crippen LogP contribution is -2.17. The minimum Gasteiger partial charge on any atom is -0.288 e. The molecule has 0 bridgehead atoms. The minimum atomic E-state index is -0.408. The molecule has 1 heterocycles. The summed E-state index contributed by atoms with van der Waals surface area (Å²) in [6, 6.07) is 23.1. The van der Waals surface area contributed by atoms with E-state index >= 15 is 0 Å². The number of benzene rings is 4. The fourth-order valence-electron chi connectivity index (χ4n) is 7.79. The second kappa shape index (κ2) is 9.18. The zero-order chi connectivity index (χ0) is 32.6. The summed E-state index contributed by atoms with van der Waals surface area (Å²) in [6.45, 7) is 8.59. The van der Waals surface area contributed by atoms with Gasteiger partial charge in [0.05, 0.1) is 11.1 Å². The predicted molar refractivity (Wildman–Crippen MR) is 188 cm³/mol. The molecule has 1 aromatic heterocycles. The van der Waals surface area contributed by atoms with Crippen molar-refractivity contribution in [2.24, 2.45) is 0 Å². The summed E-state index contributed by atoms with van der Waals surface area (Å²) in [5, 5.41) is 2.34. The topological polar surface area (TPSA) is 68.3 Å². The van der Waals surface area contributed by atoms with Crippen LogP contribution < -0.4 is 0 Å². The maximum absolute atomic E-state index is 13.2. The lowest BCUT2D eigenvalue weighted by atomic mass is 9.79. The highest BCUT2D eigenvalue weighted by molar-refractivity contribution is 7.25. The van der Waals surface area contributed by atoms with Crippen molar-refractivity contribution in [2.75, 3.05) is 0 Å². The van der Waals surface area contributed by atoms with Crippen molar-refractivity contribution in [3.63, 3.8) is 0 Å². The van der Waals surface area contributed by atoms with Crippen LogP contribution in [-0.2, 0) is 10.8 Å². The summed E-state index contributed by atoms with van der Waals surface area (Å²) in [4.78, 5) is 52.7. The Bertz CT molecular complexity index is 2280. The fourth-order valence-corrected chi connectivity index (χ4v) is 8.96. The van der Waals surface area contributed by atoms with Gasteiger partial charge in [0, 0.05) is 53.3 Å². The predicted octanol–water partition coefficient (Wildman–Crippen LogP) is 9.41. The monoisotopic (exact) mass is 628 g/mol. The van der Waals surface area contributed by atoms with E-state index in [1.807, 2.05) is 0 Å².